The van der Waals surface area contributed by atoms with Crippen molar-refractivity contribution in [2.24, 2.45) is 0 Å². The highest BCUT2D eigenvalue weighted by Gasteiger charge is 2.39. The minimum atomic E-state index is -0.194. The maximum Gasteiger partial charge on any atom is 0.0540 e. The van der Waals surface area contributed by atoms with Gasteiger partial charge in [-0.05, 0) is 97.2 Å². The normalized spacial score (nSPS) is 12.9. The Bertz CT molecular complexity index is 3160. The van der Waals surface area contributed by atoms with Crippen LogP contribution in [0.15, 0.2) is 200 Å². The van der Waals surface area contributed by atoms with Gasteiger partial charge in [0.1, 0.15) is 0 Å². The van der Waals surface area contributed by atoms with Crippen LogP contribution in [0.4, 0.5) is 17.1 Å². The second kappa shape index (κ2) is 13.2. The van der Waals surface area contributed by atoms with Crippen molar-refractivity contribution in [3.8, 4) is 44.5 Å². The molecule has 0 amide bonds. The van der Waals surface area contributed by atoms with Crippen molar-refractivity contribution in [1.82, 2.24) is 0 Å². The van der Waals surface area contributed by atoms with E-state index >= 15 is 0 Å². The van der Waals surface area contributed by atoms with Gasteiger partial charge in [0.25, 0.3) is 0 Å². The van der Waals surface area contributed by atoms with Crippen LogP contribution in [0.25, 0.3) is 75.5 Å². The van der Waals surface area contributed by atoms with Crippen LogP contribution in [0.2, 0.25) is 0 Å². The van der Waals surface area contributed by atoms with E-state index in [2.05, 4.69) is 219 Å². The second-order valence-electron chi connectivity index (χ2n) is 15.7. The first-order valence-corrected chi connectivity index (χ1v) is 20.6. The third kappa shape index (κ3) is 5.36. The third-order valence-electron chi connectivity index (χ3n) is 12.1. The van der Waals surface area contributed by atoms with E-state index in [-0.39, 0.29) is 5.41 Å². The van der Waals surface area contributed by atoms with Crippen molar-refractivity contribution in [3.05, 3.63) is 211 Å². The largest absolute Gasteiger partial charge is 0.310 e. The van der Waals surface area contributed by atoms with Crippen molar-refractivity contribution < 1.29 is 0 Å². The Morgan fingerprint density at radius 1 is 0.404 bits per heavy atom. The molecule has 0 aliphatic heterocycles. The molecule has 0 N–H and O–H groups in total. The molecular formula is C55H39NS. The van der Waals surface area contributed by atoms with E-state index in [4.69, 9.17) is 0 Å². The van der Waals surface area contributed by atoms with Crippen LogP contribution in [-0.2, 0) is 5.41 Å². The average molecular weight is 746 g/mol. The predicted octanol–water partition coefficient (Wildman–Crippen LogP) is 16.0. The van der Waals surface area contributed by atoms with Gasteiger partial charge in [-0.25, -0.2) is 0 Å². The molecule has 0 fully saturated rings. The lowest BCUT2D eigenvalue weighted by molar-refractivity contribution is 0.661. The minimum absolute atomic E-state index is 0.194. The summed E-state index contributed by atoms with van der Waals surface area (Å²) in [6.07, 6.45) is 0. The molecule has 10 aromatic rings. The van der Waals surface area contributed by atoms with Crippen molar-refractivity contribution in [2.45, 2.75) is 19.3 Å². The summed E-state index contributed by atoms with van der Waals surface area (Å²) in [5.74, 6) is 0. The maximum atomic E-state index is 2.51. The van der Waals surface area contributed by atoms with E-state index in [9.17, 15) is 0 Å². The zero-order chi connectivity index (χ0) is 38.1. The van der Waals surface area contributed by atoms with E-state index in [1.165, 1.54) is 92.3 Å². The monoisotopic (exact) mass is 745 g/mol. The van der Waals surface area contributed by atoms with Crippen molar-refractivity contribution >= 4 is 59.3 Å². The Morgan fingerprint density at radius 2 is 0.982 bits per heavy atom. The first-order chi connectivity index (χ1) is 28.0. The molecule has 0 bridgehead atoms. The van der Waals surface area contributed by atoms with E-state index in [0.717, 1.165) is 11.4 Å². The fourth-order valence-electron chi connectivity index (χ4n) is 9.42. The van der Waals surface area contributed by atoms with Crippen LogP contribution in [0.5, 0.6) is 0 Å². The highest BCUT2D eigenvalue weighted by molar-refractivity contribution is 7.26. The molecule has 0 spiro atoms. The molecule has 2 heteroatoms. The van der Waals surface area contributed by atoms with E-state index in [1.54, 1.807) is 0 Å². The minimum Gasteiger partial charge on any atom is -0.310 e. The first-order valence-electron chi connectivity index (χ1n) is 19.8. The lowest BCUT2D eigenvalue weighted by Gasteiger charge is -2.33. The molecule has 57 heavy (non-hydrogen) atoms. The lowest BCUT2D eigenvalue weighted by Crippen LogP contribution is -2.21. The summed E-state index contributed by atoms with van der Waals surface area (Å²) in [5.41, 5.74) is 15.9. The van der Waals surface area contributed by atoms with Gasteiger partial charge in [-0.2, -0.15) is 0 Å². The smallest absolute Gasteiger partial charge is 0.0540 e. The van der Waals surface area contributed by atoms with Crippen LogP contribution in [0.3, 0.4) is 0 Å². The number of thiophene rings is 1. The van der Waals surface area contributed by atoms with Gasteiger partial charge in [-0.15, -0.1) is 11.3 Å². The van der Waals surface area contributed by atoms with Gasteiger partial charge in [0.05, 0.1) is 11.4 Å². The van der Waals surface area contributed by atoms with Crippen LogP contribution in [0.1, 0.15) is 25.0 Å². The van der Waals surface area contributed by atoms with Crippen molar-refractivity contribution in [2.75, 3.05) is 4.90 Å². The van der Waals surface area contributed by atoms with Gasteiger partial charge in [-0.1, -0.05) is 178 Å². The van der Waals surface area contributed by atoms with E-state index in [0.29, 0.717) is 0 Å². The highest BCUT2D eigenvalue weighted by atomic mass is 32.1. The Labute approximate surface area is 337 Å². The number of fused-ring (bicyclic) bond motifs is 7. The predicted molar refractivity (Wildman–Crippen MR) is 245 cm³/mol. The van der Waals surface area contributed by atoms with Gasteiger partial charge in [0, 0.05) is 36.8 Å². The summed E-state index contributed by atoms with van der Waals surface area (Å²) in [5, 5.41) is 5.16. The molecule has 9 aromatic carbocycles. The van der Waals surface area contributed by atoms with Gasteiger partial charge in [0.15, 0.2) is 0 Å². The maximum absolute atomic E-state index is 2.51. The fourth-order valence-corrected chi connectivity index (χ4v) is 10.7. The van der Waals surface area contributed by atoms with Crippen LogP contribution in [0, 0.1) is 0 Å². The number of rotatable bonds is 6. The highest BCUT2D eigenvalue weighted by Crippen LogP contribution is 2.55. The standard InChI is InChI=1S/C55H39NS/c1-55(2)49-27-8-5-21-45(49)47-25-14-29-51(53(47)55)56(40-33-31-37(32-34-40)44-24-13-26-48-46-22-7-10-30-52(46)57-54(44)48)50-28-9-6-20-43(50)39-18-11-17-38(35-39)42-23-12-16-36-15-3-4-19-41(36)42/h3-35H,1-2H3. The van der Waals surface area contributed by atoms with Gasteiger partial charge >= 0.3 is 0 Å². The Kier molecular flexibility index (Phi) is 7.77. The van der Waals surface area contributed by atoms with Crippen molar-refractivity contribution in [1.29, 1.82) is 0 Å². The Balaban J connectivity index is 1.10. The van der Waals surface area contributed by atoms with E-state index < -0.39 is 0 Å². The topological polar surface area (TPSA) is 3.24 Å². The molecule has 0 radical (unpaired) electrons. The first kappa shape index (κ1) is 33.6. The molecule has 11 rings (SSSR count). The summed E-state index contributed by atoms with van der Waals surface area (Å²) in [4.78, 5) is 2.51. The molecule has 1 aromatic heterocycles. The average Bonchev–Trinajstić information content (AvgIpc) is 3.76. The number of para-hydroxylation sites is 1. The summed E-state index contributed by atoms with van der Waals surface area (Å²) in [6, 6.07) is 73.8. The van der Waals surface area contributed by atoms with Gasteiger partial charge < -0.3 is 4.90 Å². The molecule has 0 atom stereocenters. The molecule has 0 saturated carbocycles. The molecule has 1 aliphatic rings. The van der Waals surface area contributed by atoms with Gasteiger partial charge in [0.2, 0.25) is 0 Å². The molecular weight excluding hydrogens is 707 g/mol. The molecule has 1 nitrogen and oxygen atoms in total. The zero-order valence-electron chi connectivity index (χ0n) is 31.9. The lowest BCUT2D eigenvalue weighted by atomic mass is 9.81. The number of anilines is 3. The van der Waals surface area contributed by atoms with Crippen LogP contribution in [-0.4, -0.2) is 0 Å². The van der Waals surface area contributed by atoms with E-state index in [1.807, 2.05) is 11.3 Å². The van der Waals surface area contributed by atoms with Crippen LogP contribution >= 0.6 is 11.3 Å². The second-order valence-corrected chi connectivity index (χ2v) is 16.7. The quantitative estimate of drug-likeness (QED) is 0.164. The van der Waals surface area contributed by atoms with Gasteiger partial charge in [-0.3, -0.25) is 0 Å². The Morgan fingerprint density at radius 3 is 1.86 bits per heavy atom. The number of hydrogen-bond donors (Lipinski definition) is 0. The van der Waals surface area contributed by atoms with Crippen molar-refractivity contribution in [3.63, 3.8) is 0 Å². The molecule has 0 unspecified atom stereocenters. The third-order valence-corrected chi connectivity index (χ3v) is 13.3. The van der Waals surface area contributed by atoms with Crippen LogP contribution < -0.4 is 4.90 Å². The molecule has 1 heterocycles. The number of benzene rings is 9. The summed E-state index contributed by atoms with van der Waals surface area (Å²) in [7, 11) is 0. The SMILES string of the molecule is CC1(C)c2ccccc2-c2cccc(N(c3ccc(-c4cccc5c4sc4ccccc45)cc3)c3ccccc3-c3cccc(-c4cccc5ccccc45)c3)c21. The summed E-state index contributed by atoms with van der Waals surface area (Å²) >= 11 is 1.88. The molecule has 0 saturated heterocycles. The Hall–Kier alpha value is -6.74. The summed E-state index contributed by atoms with van der Waals surface area (Å²) < 4.78 is 2.66. The molecule has 270 valence electrons. The summed E-state index contributed by atoms with van der Waals surface area (Å²) in [6.45, 7) is 4.77. The zero-order valence-corrected chi connectivity index (χ0v) is 32.7. The number of hydrogen-bond acceptors (Lipinski definition) is 2. The number of nitrogens with zero attached hydrogens (tertiary/aromatic N) is 1. The fraction of sp³-hybridized carbons (Fsp3) is 0.0545. The molecule has 1 aliphatic carbocycles.